The fourth-order valence-corrected chi connectivity index (χ4v) is 3.08. The third-order valence-electron chi connectivity index (χ3n) is 4.66. The highest BCUT2D eigenvalue weighted by molar-refractivity contribution is 5.89. The van der Waals surface area contributed by atoms with Gasteiger partial charge in [0.1, 0.15) is 36.8 Å². The maximum Gasteiger partial charge on any atom is 0.338 e. The molecule has 3 aromatic rings. The number of aromatic nitrogens is 4. The molecule has 2 aromatic heterocycles. The van der Waals surface area contributed by atoms with Gasteiger partial charge in [-0.25, -0.2) is 19.7 Å². The number of aliphatic hydroxyl groups is 2. The Morgan fingerprint density at radius 1 is 1.21 bits per heavy atom. The second-order valence-electron chi connectivity index (χ2n) is 6.59. The Bertz CT molecular complexity index is 1010. The molecule has 4 N–H and O–H groups in total. The molecule has 0 amide bonds. The molecule has 146 valence electrons. The van der Waals surface area contributed by atoms with E-state index in [-0.39, 0.29) is 12.4 Å². The van der Waals surface area contributed by atoms with Gasteiger partial charge in [0.05, 0.1) is 11.9 Å². The van der Waals surface area contributed by atoms with E-state index >= 15 is 0 Å². The predicted molar refractivity (Wildman–Crippen MR) is 97.1 cm³/mol. The number of ether oxygens (including phenoxy) is 2. The van der Waals surface area contributed by atoms with Crippen LogP contribution in [0.2, 0.25) is 0 Å². The minimum atomic E-state index is -1.27. The number of hydrogen-bond donors (Lipinski definition) is 3. The van der Waals surface area contributed by atoms with E-state index in [1.54, 1.807) is 24.3 Å². The van der Waals surface area contributed by atoms with Crippen LogP contribution in [0.3, 0.4) is 0 Å². The van der Waals surface area contributed by atoms with Crippen LogP contribution in [0.25, 0.3) is 11.2 Å². The van der Waals surface area contributed by atoms with Crippen LogP contribution in [0, 0.1) is 6.92 Å². The number of carbonyl (C=O) groups excluding carboxylic acids is 1. The summed E-state index contributed by atoms with van der Waals surface area (Å²) >= 11 is 0. The number of anilines is 1. The Morgan fingerprint density at radius 3 is 2.71 bits per heavy atom. The van der Waals surface area contributed by atoms with E-state index < -0.39 is 30.5 Å². The molecular weight excluding hydrogens is 366 g/mol. The summed E-state index contributed by atoms with van der Waals surface area (Å²) in [5.41, 5.74) is 7.90. The highest BCUT2D eigenvalue weighted by atomic mass is 16.6. The van der Waals surface area contributed by atoms with E-state index in [9.17, 15) is 15.0 Å². The van der Waals surface area contributed by atoms with Crippen molar-refractivity contribution in [2.45, 2.75) is 31.5 Å². The summed E-state index contributed by atoms with van der Waals surface area (Å²) in [6.45, 7) is 1.70. The number of benzene rings is 1. The van der Waals surface area contributed by atoms with Gasteiger partial charge < -0.3 is 25.4 Å². The molecule has 10 heteroatoms. The summed E-state index contributed by atoms with van der Waals surface area (Å²) in [5, 5.41) is 20.7. The maximum absolute atomic E-state index is 12.2. The summed E-state index contributed by atoms with van der Waals surface area (Å²) < 4.78 is 12.4. The summed E-state index contributed by atoms with van der Waals surface area (Å²) in [7, 11) is 0. The smallest absolute Gasteiger partial charge is 0.338 e. The lowest BCUT2D eigenvalue weighted by atomic mass is 10.1. The summed E-state index contributed by atoms with van der Waals surface area (Å²) in [6.07, 6.45) is -1.72. The van der Waals surface area contributed by atoms with Crippen LogP contribution in [0.1, 0.15) is 22.1 Å². The number of aliphatic hydroxyl groups excluding tert-OH is 2. The number of hydrogen-bond acceptors (Lipinski definition) is 9. The molecular formula is C18H19N5O5. The Hall–Kier alpha value is -3.08. The van der Waals surface area contributed by atoms with Crippen molar-refractivity contribution in [1.82, 2.24) is 19.5 Å². The molecule has 1 saturated heterocycles. The normalized spacial score (nSPS) is 24.5. The van der Waals surface area contributed by atoms with Crippen molar-refractivity contribution in [3.63, 3.8) is 0 Å². The van der Waals surface area contributed by atoms with Crippen LogP contribution >= 0.6 is 0 Å². The molecule has 0 radical (unpaired) electrons. The van der Waals surface area contributed by atoms with Gasteiger partial charge in [0.2, 0.25) is 0 Å². The molecule has 3 heterocycles. The van der Waals surface area contributed by atoms with E-state index in [0.717, 1.165) is 5.56 Å². The van der Waals surface area contributed by atoms with Gasteiger partial charge in [-0.3, -0.25) is 4.57 Å². The Labute approximate surface area is 159 Å². The first-order valence-electron chi connectivity index (χ1n) is 8.64. The third kappa shape index (κ3) is 3.17. The zero-order valence-electron chi connectivity index (χ0n) is 15.0. The minimum Gasteiger partial charge on any atom is -0.459 e. The Kier molecular flexibility index (Phi) is 4.67. The summed E-state index contributed by atoms with van der Waals surface area (Å²) in [5.74, 6) is -0.345. The number of aryl methyl sites for hydroxylation is 1. The first kappa shape index (κ1) is 18.3. The molecule has 0 spiro atoms. The van der Waals surface area contributed by atoms with Gasteiger partial charge in [0, 0.05) is 0 Å². The van der Waals surface area contributed by atoms with Crippen LogP contribution in [-0.4, -0.2) is 60.6 Å². The molecule has 0 bridgehead atoms. The fourth-order valence-electron chi connectivity index (χ4n) is 3.08. The van der Waals surface area contributed by atoms with Crippen LogP contribution in [0.5, 0.6) is 0 Å². The predicted octanol–water partition coefficient (Wildman–Crippen LogP) is 0.193. The van der Waals surface area contributed by atoms with E-state index in [1.165, 1.54) is 17.2 Å². The first-order chi connectivity index (χ1) is 13.5. The van der Waals surface area contributed by atoms with E-state index in [4.69, 9.17) is 15.2 Å². The monoisotopic (exact) mass is 385 g/mol. The van der Waals surface area contributed by atoms with Gasteiger partial charge >= 0.3 is 5.97 Å². The molecule has 1 aliphatic rings. The molecule has 1 aromatic carbocycles. The number of carbonyl (C=O) groups is 1. The summed E-state index contributed by atoms with van der Waals surface area (Å²) in [4.78, 5) is 24.2. The molecule has 4 rings (SSSR count). The molecule has 0 aliphatic carbocycles. The van der Waals surface area contributed by atoms with Crippen molar-refractivity contribution in [2.24, 2.45) is 0 Å². The second-order valence-corrected chi connectivity index (χ2v) is 6.59. The molecule has 28 heavy (non-hydrogen) atoms. The number of nitrogens with two attached hydrogens (primary N) is 1. The standard InChI is InChI=1S/C18H19N5O5/c1-9-2-4-10(5-3-9)18(26)27-6-11-13(24)14(25)17(28-11)23-8-22-12-15(19)20-7-21-16(12)23/h2-5,7-8,11,13-14,17,24-25H,6H2,1H3,(H2,19,20,21)/t11-,13-,14-,17-/m1/s1. The largest absolute Gasteiger partial charge is 0.459 e. The van der Waals surface area contributed by atoms with E-state index in [1.807, 2.05) is 6.92 Å². The number of nitrogen functional groups attached to an aromatic ring is 1. The van der Waals surface area contributed by atoms with Gasteiger partial charge in [-0.1, -0.05) is 17.7 Å². The van der Waals surface area contributed by atoms with E-state index in [0.29, 0.717) is 16.7 Å². The minimum absolute atomic E-state index is 0.195. The van der Waals surface area contributed by atoms with Crippen molar-refractivity contribution in [3.05, 3.63) is 48.0 Å². The lowest BCUT2D eigenvalue weighted by Crippen LogP contribution is -2.34. The SMILES string of the molecule is Cc1ccc(C(=O)OC[C@H]2O[C@@H](n3cnc4c(N)ncnc43)[C@H](O)[C@@H]2O)cc1. The van der Waals surface area contributed by atoms with Crippen molar-refractivity contribution in [3.8, 4) is 0 Å². The van der Waals surface area contributed by atoms with Gasteiger partial charge in [-0.15, -0.1) is 0 Å². The zero-order chi connectivity index (χ0) is 19.8. The third-order valence-corrected chi connectivity index (χ3v) is 4.66. The highest BCUT2D eigenvalue weighted by Gasteiger charge is 2.45. The molecule has 1 aliphatic heterocycles. The average Bonchev–Trinajstić information content (AvgIpc) is 3.23. The van der Waals surface area contributed by atoms with Gasteiger partial charge in [-0.05, 0) is 19.1 Å². The molecule has 10 nitrogen and oxygen atoms in total. The molecule has 4 atom stereocenters. The first-order valence-corrected chi connectivity index (χ1v) is 8.64. The Morgan fingerprint density at radius 2 is 1.96 bits per heavy atom. The maximum atomic E-state index is 12.2. The molecule has 0 unspecified atom stereocenters. The van der Waals surface area contributed by atoms with Crippen molar-refractivity contribution < 1.29 is 24.5 Å². The number of fused-ring (bicyclic) bond motifs is 1. The quantitative estimate of drug-likeness (QED) is 0.536. The van der Waals surface area contributed by atoms with Crippen molar-refractivity contribution in [1.29, 1.82) is 0 Å². The number of imidazole rings is 1. The second kappa shape index (κ2) is 7.15. The van der Waals surface area contributed by atoms with Gasteiger partial charge in [-0.2, -0.15) is 0 Å². The van der Waals surface area contributed by atoms with Crippen molar-refractivity contribution >= 4 is 23.0 Å². The number of esters is 1. The van der Waals surface area contributed by atoms with Crippen LogP contribution in [0.4, 0.5) is 5.82 Å². The topological polar surface area (TPSA) is 146 Å². The Balaban J connectivity index is 1.47. The van der Waals surface area contributed by atoms with Gasteiger partial charge in [0.15, 0.2) is 17.7 Å². The zero-order valence-corrected chi connectivity index (χ0v) is 15.0. The lowest BCUT2D eigenvalue weighted by molar-refractivity contribution is -0.0565. The van der Waals surface area contributed by atoms with Crippen LogP contribution in [0.15, 0.2) is 36.9 Å². The highest BCUT2D eigenvalue weighted by Crippen LogP contribution is 2.32. The van der Waals surface area contributed by atoms with Crippen molar-refractivity contribution in [2.75, 3.05) is 12.3 Å². The summed E-state index contributed by atoms with van der Waals surface area (Å²) in [6, 6.07) is 6.91. The van der Waals surface area contributed by atoms with Crippen LogP contribution in [-0.2, 0) is 9.47 Å². The number of rotatable bonds is 4. The van der Waals surface area contributed by atoms with Gasteiger partial charge in [0.25, 0.3) is 0 Å². The fraction of sp³-hybridized carbons (Fsp3) is 0.333. The van der Waals surface area contributed by atoms with E-state index in [2.05, 4.69) is 15.0 Å². The average molecular weight is 385 g/mol. The molecule has 1 fully saturated rings. The molecule has 0 saturated carbocycles. The lowest BCUT2D eigenvalue weighted by Gasteiger charge is -2.16. The number of nitrogens with zero attached hydrogens (tertiary/aromatic N) is 4. The van der Waals surface area contributed by atoms with Crippen LogP contribution < -0.4 is 5.73 Å².